The maximum atomic E-state index is 11.9. The van der Waals surface area contributed by atoms with Crippen molar-refractivity contribution in [2.75, 3.05) is 11.9 Å². The molecule has 0 saturated carbocycles. The van der Waals surface area contributed by atoms with Gasteiger partial charge in [0, 0.05) is 22.3 Å². The van der Waals surface area contributed by atoms with E-state index in [0.29, 0.717) is 28.7 Å². The molecule has 0 spiro atoms. The zero-order valence-electron chi connectivity index (χ0n) is 13.2. The maximum absolute atomic E-state index is 11.9. The normalized spacial score (nSPS) is 10.3. The quantitative estimate of drug-likeness (QED) is 0.761. The lowest BCUT2D eigenvalue weighted by Gasteiger charge is -2.08. The molecule has 2 N–H and O–H groups in total. The second kappa shape index (κ2) is 8.71. The molecule has 0 atom stereocenters. The minimum Gasteiger partial charge on any atom is -0.355 e. The summed E-state index contributed by atoms with van der Waals surface area (Å²) in [7, 11) is 0. The molecule has 0 unspecified atom stereocenters. The number of halogens is 2. The van der Waals surface area contributed by atoms with Crippen molar-refractivity contribution in [2.24, 2.45) is 0 Å². The molecule has 0 radical (unpaired) electrons. The van der Waals surface area contributed by atoms with Crippen LogP contribution in [-0.2, 0) is 16.0 Å². The first-order valence-corrected chi connectivity index (χ1v) is 8.27. The lowest BCUT2D eigenvalue weighted by atomic mass is 10.1. The van der Waals surface area contributed by atoms with E-state index in [-0.39, 0.29) is 18.2 Å². The fourth-order valence-electron chi connectivity index (χ4n) is 2.20. The Labute approximate surface area is 151 Å². The van der Waals surface area contributed by atoms with Gasteiger partial charge in [0.25, 0.3) is 0 Å². The summed E-state index contributed by atoms with van der Waals surface area (Å²) in [5, 5.41) is 6.55. The summed E-state index contributed by atoms with van der Waals surface area (Å²) in [6.45, 7) is 2.34. The Kier molecular flexibility index (Phi) is 6.64. The summed E-state index contributed by atoms with van der Waals surface area (Å²) >= 11 is 11.9. The van der Waals surface area contributed by atoms with Crippen LogP contribution >= 0.6 is 23.2 Å². The van der Waals surface area contributed by atoms with Crippen LogP contribution in [-0.4, -0.2) is 18.4 Å². The summed E-state index contributed by atoms with van der Waals surface area (Å²) in [5.74, 6) is -0.673. The second-order valence-electron chi connectivity index (χ2n) is 5.43. The van der Waals surface area contributed by atoms with Crippen molar-refractivity contribution in [1.82, 2.24) is 5.32 Å². The number of benzene rings is 2. The van der Waals surface area contributed by atoms with Crippen LogP contribution < -0.4 is 10.6 Å². The van der Waals surface area contributed by atoms with Crippen molar-refractivity contribution in [3.8, 4) is 0 Å². The van der Waals surface area contributed by atoms with Gasteiger partial charge in [0.15, 0.2) is 0 Å². The van der Waals surface area contributed by atoms with E-state index in [1.54, 1.807) is 18.2 Å². The van der Waals surface area contributed by atoms with E-state index in [1.807, 2.05) is 31.2 Å². The molecule has 0 fully saturated rings. The predicted octanol–water partition coefficient (Wildman–Crippen LogP) is 3.99. The van der Waals surface area contributed by atoms with Crippen LogP contribution in [0.4, 0.5) is 5.69 Å². The van der Waals surface area contributed by atoms with E-state index in [1.165, 1.54) is 0 Å². The van der Waals surface area contributed by atoms with Gasteiger partial charge >= 0.3 is 0 Å². The van der Waals surface area contributed by atoms with Crippen LogP contribution in [0.3, 0.4) is 0 Å². The van der Waals surface area contributed by atoms with Crippen LogP contribution in [0, 0.1) is 6.92 Å². The van der Waals surface area contributed by atoms with Crippen molar-refractivity contribution < 1.29 is 9.59 Å². The van der Waals surface area contributed by atoms with E-state index in [4.69, 9.17) is 23.2 Å². The van der Waals surface area contributed by atoms with Crippen molar-refractivity contribution in [3.63, 3.8) is 0 Å². The minimum absolute atomic E-state index is 0.220. The zero-order valence-corrected chi connectivity index (χ0v) is 14.7. The molecule has 2 amide bonds. The van der Waals surface area contributed by atoms with Crippen molar-refractivity contribution in [3.05, 3.63) is 63.6 Å². The van der Waals surface area contributed by atoms with Gasteiger partial charge in [0.1, 0.15) is 6.42 Å². The summed E-state index contributed by atoms with van der Waals surface area (Å²) in [6, 6.07) is 12.6. The fraction of sp³-hybridized carbons (Fsp3) is 0.222. The fourth-order valence-corrected chi connectivity index (χ4v) is 2.70. The van der Waals surface area contributed by atoms with Crippen molar-refractivity contribution >= 4 is 40.7 Å². The minimum atomic E-state index is -0.345. The average Bonchev–Trinajstić information content (AvgIpc) is 2.49. The molecule has 4 nitrogen and oxygen atoms in total. The Morgan fingerprint density at radius 1 is 1.04 bits per heavy atom. The Hall–Kier alpha value is -2.04. The van der Waals surface area contributed by atoms with E-state index in [2.05, 4.69) is 10.6 Å². The molecule has 2 aromatic carbocycles. The monoisotopic (exact) mass is 364 g/mol. The topological polar surface area (TPSA) is 58.2 Å². The van der Waals surface area contributed by atoms with Gasteiger partial charge in [-0.25, -0.2) is 0 Å². The summed E-state index contributed by atoms with van der Waals surface area (Å²) in [5.41, 5.74) is 2.61. The molecule has 0 aliphatic carbocycles. The molecule has 0 heterocycles. The zero-order chi connectivity index (χ0) is 17.5. The molecular weight excluding hydrogens is 347 g/mol. The molecule has 0 aliphatic heterocycles. The van der Waals surface area contributed by atoms with E-state index < -0.39 is 0 Å². The average molecular weight is 365 g/mol. The number of hydrogen-bond acceptors (Lipinski definition) is 2. The van der Waals surface area contributed by atoms with Gasteiger partial charge in [-0.1, -0.05) is 41.4 Å². The molecule has 2 aromatic rings. The number of nitrogens with one attached hydrogen (secondary N) is 2. The SMILES string of the molecule is Cc1cccc(NC(=O)CC(=O)NCCc2ccc(Cl)cc2Cl)c1. The van der Waals surface area contributed by atoms with Gasteiger partial charge in [-0.2, -0.15) is 0 Å². The third-order valence-corrected chi connectivity index (χ3v) is 3.94. The highest BCUT2D eigenvalue weighted by Gasteiger charge is 2.10. The molecular formula is C18H18Cl2N2O2. The standard InChI is InChI=1S/C18H18Cl2N2O2/c1-12-3-2-4-15(9-12)22-18(24)11-17(23)21-8-7-13-5-6-14(19)10-16(13)20/h2-6,9-10H,7-8,11H2,1H3,(H,21,23)(H,22,24). The molecule has 24 heavy (non-hydrogen) atoms. The van der Waals surface area contributed by atoms with E-state index in [0.717, 1.165) is 11.1 Å². The van der Waals surface area contributed by atoms with Crippen molar-refractivity contribution in [1.29, 1.82) is 0 Å². The number of amides is 2. The first kappa shape index (κ1) is 18.3. The second-order valence-corrected chi connectivity index (χ2v) is 6.27. The highest BCUT2D eigenvalue weighted by atomic mass is 35.5. The molecule has 0 bridgehead atoms. The number of carbonyl (C=O) groups is 2. The largest absolute Gasteiger partial charge is 0.355 e. The van der Waals surface area contributed by atoms with Gasteiger partial charge in [-0.05, 0) is 48.7 Å². The van der Waals surface area contributed by atoms with Crippen LogP contribution in [0.25, 0.3) is 0 Å². The highest BCUT2D eigenvalue weighted by Crippen LogP contribution is 2.21. The van der Waals surface area contributed by atoms with Gasteiger partial charge in [-0.15, -0.1) is 0 Å². The first-order valence-electron chi connectivity index (χ1n) is 7.51. The van der Waals surface area contributed by atoms with Crippen molar-refractivity contribution in [2.45, 2.75) is 19.8 Å². The van der Waals surface area contributed by atoms with Gasteiger partial charge in [0.05, 0.1) is 0 Å². The van der Waals surface area contributed by atoms with Gasteiger partial charge in [0.2, 0.25) is 11.8 Å². The van der Waals surface area contributed by atoms with Crippen LogP contribution in [0.5, 0.6) is 0 Å². The third kappa shape index (κ3) is 5.87. The number of anilines is 1. The molecule has 2 rings (SSSR count). The molecule has 0 saturated heterocycles. The number of carbonyl (C=O) groups excluding carboxylic acids is 2. The van der Waals surface area contributed by atoms with Crippen LogP contribution in [0.1, 0.15) is 17.5 Å². The third-order valence-electron chi connectivity index (χ3n) is 3.35. The lowest BCUT2D eigenvalue weighted by Crippen LogP contribution is -2.29. The smallest absolute Gasteiger partial charge is 0.233 e. The van der Waals surface area contributed by atoms with Crippen LogP contribution in [0.15, 0.2) is 42.5 Å². The molecule has 126 valence electrons. The Morgan fingerprint density at radius 3 is 2.54 bits per heavy atom. The Bertz CT molecular complexity index is 748. The van der Waals surface area contributed by atoms with E-state index in [9.17, 15) is 9.59 Å². The maximum Gasteiger partial charge on any atom is 0.233 e. The summed E-state index contributed by atoms with van der Waals surface area (Å²) in [4.78, 5) is 23.7. The number of aryl methyl sites for hydroxylation is 1. The van der Waals surface area contributed by atoms with Crippen LogP contribution in [0.2, 0.25) is 10.0 Å². The highest BCUT2D eigenvalue weighted by molar-refractivity contribution is 6.35. The summed E-state index contributed by atoms with van der Waals surface area (Å²) in [6.07, 6.45) is 0.351. The Balaban J connectivity index is 1.75. The number of rotatable bonds is 6. The first-order chi connectivity index (χ1) is 11.4. The van der Waals surface area contributed by atoms with E-state index >= 15 is 0 Å². The molecule has 0 aromatic heterocycles. The molecule has 0 aliphatic rings. The Morgan fingerprint density at radius 2 is 1.83 bits per heavy atom. The number of hydrogen-bond donors (Lipinski definition) is 2. The molecule has 6 heteroatoms. The lowest BCUT2D eigenvalue weighted by molar-refractivity contribution is -0.126. The van der Waals surface area contributed by atoms with Gasteiger partial charge < -0.3 is 10.6 Å². The summed E-state index contributed by atoms with van der Waals surface area (Å²) < 4.78 is 0. The van der Waals surface area contributed by atoms with Gasteiger partial charge in [-0.3, -0.25) is 9.59 Å². The predicted molar refractivity (Wildman–Crippen MR) is 97.6 cm³/mol.